The molecule has 2 rings (SSSR count). The van der Waals surface area contributed by atoms with E-state index >= 15 is 0 Å². The first kappa shape index (κ1) is 12.9. The average molecular weight is 261 g/mol. The summed E-state index contributed by atoms with van der Waals surface area (Å²) in [6.07, 6.45) is 1.09. The van der Waals surface area contributed by atoms with Gasteiger partial charge in [-0.25, -0.2) is 4.98 Å². The second-order valence-corrected chi connectivity index (χ2v) is 4.71. The lowest BCUT2D eigenvalue weighted by molar-refractivity contribution is 0.970. The van der Waals surface area contributed by atoms with Crippen LogP contribution in [0, 0.1) is 6.92 Å². The lowest BCUT2D eigenvalue weighted by atomic mass is 10.1. The SMILES string of the molecule is CCCNc1cccc(-c2ccc(C)c(Cl)c2)n1. The van der Waals surface area contributed by atoms with Crippen LogP contribution in [0.3, 0.4) is 0 Å². The van der Waals surface area contributed by atoms with Gasteiger partial charge in [-0.15, -0.1) is 0 Å². The Bertz CT molecular complexity index is 538. The topological polar surface area (TPSA) is 24.9 Å². The molecule has 1 aromatic carbocycles. The van der Waals surface area contributed by atoms with Crippen LogP contribution in [0.15, 0.2) is 36.4 Å². The summed E-state index contributed by atoms with van der Waals surface area (Å²) in [6.45, 7) is 5.07. The Hall–Kier alpha value is -1.54. The zero-order chi connectivity index (χ0) is 13.0. The molecule has 18 heavy (non-hydrogen) atoms. The highest BCUT2D eigenvalue weighted by Crippen LogP contribution is 2.24. The predicted molar refractivity (Wildman–Crippen MR) is 78.2 cm³/mol. The number of anilines is 1. The Balaban J connectivity index is 2.29. The van der Waals surface area contributed by atoms with Gasteiger partial charge in [-0.3, -0.25) is 0 Å². The molecule has 0 radical (unpaired) electrons. The van der Waals surface area contributed by atoms with Crippen molar-refractivity contribution in [3.63, 3.8) is 0 Å². The molecule has 0 atom stereocenters. The average Bonchev–Trinajstić information content (AvgIpc) is 2.40. The van der Waals surface area contributed by atoms with Crippen molar-refractivity contribution in [2.45, 2.75) is 20.3 Å². The normalized spacial score (nSPS) is 10.4. The maximum absolute atomic E-state index is 6.14. The number of halogens is 1. The first-order chi connectivity index (χ1) is 8.70. The van der Waals surface area contributed by atoms with Crippen molar-refractivity contribution < 1.29 is 0 Å². The maximum atomic E-state index is 6.14. The predicted octanol–water partition coefficient (Wildman–Crippen LogP) is 4.53. The summed E-state index contributed by atoms with van der Waals surface area (Å²) >= 11 is 6.14. The van der Waals surface area contributed by atoms with Crippen LogP contribution in [0.1, 0.15) is 18.9 Å². The van der Waals surface area contributed by atoms with E-state index in [1.165, 1.54) is 0 Å². The summed E-state index contributed by atoms with van der Waals surface area (Å²) in [5.41, 5.74) is 3.07. The van der Waals surface area contributed by atoms with Gasteiger partial charge in [-0.2, -0.15) is 0 Å². The molecule has 0 unspecified atom stereocenters. The van der Waals surface area contributed by atoms with Gasteiger partial charge in [0.2, 0.25) is 0 Å². The highest BCUT2D eigenvalue weighted by atomic mass is 35.5. The second-order valence-electron chi connectivity index (χ2n) is 4.30. The lowest BCUT2D eigenvalue weighted by Gasteiger charge is -2.07. The van der Waals surface area contributed by atoms with Crippen molar-refractivity contribution >= 4 is 17.4 Å². The molecule has 94 valence electrons. The monoisotopic (exact) mass is 260 g/mol. The van der Waals surface area contributed by atoms with Crippen LogP contribution >= 0.6 is 11.6 Å². The second kappa shape index (κ2) is 5.87. The number of rotatable bonds is 4. The van der Waals surface area contributed by atoms with Gasteiger partial charge < -0.3 is 5.32 Å². The zero-order valence-corrected chi connectivity index (χ0v) is 11.5. The number of aryl methyl sites for hydroxylation is 1. The molecule has 0 aliphatic heterocycles. The number of hydrogen-bond acceptors (Lipinski definition) is 2. The van der Waals surface area contributed by atoms with Crippen molar-refractivity contribution in [3.8, 4) is 11.3 Å². The summed E-state index contributed by atoms with van der Waals surface area (Å²) in [4.78, 5) is 4.58. The molecule has 0 aliphatic rings. The van der Waals surface area contributed by atoms with Gasteiger partial charge >= 0.3 is 0 Å². The fourth-order valence-electron chi connectivity index (χ4n) is 1.70. The van der Waals surface area contributed by atoms with E-state index in [4.69, 9.17) is 11.6 Å². The van der Waals surface area contributed by atoms with E-state index in [2.05, 4.69) is 17.2 Å². The van der Waals surface area contributed by atoms with E-state index in [0.717, 1.165) is 40.6 Å². The standard InChI is InChI=1S/C15H17ClN2/c1-3-9-17-15-6-4-5-14(18-15)12-8-7-11(2)13(16)10-12/h4-8,10H,3,9H2,1-2H3,(H,17,18). The van der Waals surface area contributed by atoms with Crippen LogP contribution in [0.4, 0.5) is 5.82 Å². The smallest absolute Gasteiger partial charge is 0.126 e. The number of nitrogens with one attached hydrogen (secondary N) is 1. The molecular weight excluding hydrogens is 244 g/mol. The van der Waals surface area contributed by atoms with Gasteiger partial charge in [0.15, 0.2) is 0 Å². The Kier molecular flexibility index (Phi) is 4.21. The van der Waals surface area contributed by atoms with Gasteiger partial charge in [-0.1, -0.05) is 36.7 Å². The van der Waals surface area contributed by atoms with Crippen molar-refractivity contribution in [1.29, 1.82) is 0 Å². The highest BCUT2D eigenvalue weighted by Gasteiger charge is 2.03. The molecule has 1 N–H and O–H groups in total. The van der Waals surface area contributed by atoms with Gasteiger partial charge in [0.1, 0.15) is 5.82 Å². The van der Waals surface area contributed by atoms with Crippen LogP contribution in [0.25, 0.3) is 11.3 Å². The van der Waals surface area contributed by atoms with E-state index < -0.39 is 0 Å². The maximum Gasteiger partial charge on any atom is 0.126 e. The number of benzene rings is 1. The van der Waals surface area contributed by atoms with E-state index in [9.17, 15) is 0 Å². The minimum Gasteiger partial charge on any atom is -0.370 e. The summed E-state index contributed by atoms with van der Waals surface area (Å²) in [7, 11) is 0. The molecule has 1 heterocycles. The highest BCUT2D eigenvalue weighted by molar-refractivity contribution is 6.31. The van der Waals surface area contributed by atoms with Crippen LogP contribution < -0.4 is 5.32 Å². The van der Waals surface area contributed by atoms with E-state index in [1.54, 1.807) is 0 Å². The molecule has 0 bridgehead atoms. The minimum atomic E-state index is 0.779. The lowest BCUT2D eigenvalue weighted by Crippen LogP contribution is -2.01. The van der Waals surface area contributed by atoms with Gasteiger partial charge in [0.05, 0.1) is 5.69 Å². The number of hydrogen-bond donors (Lipinski definition) is 1. The molecular formula is C15H17ClN2. The van der Waals surface area contributed by atoms with E-state index in [0.29, 0.717) is 0 Å². The number of aromatic nitrogens is 1. The molecule has 2 nitrogen and oxygen atoms in total. The molecule has 0 amide bonds. The summed E-state index contributed by atoms with van der Waals surface area (Å²) in [5.74, 6) is 0.908. The number of nitrogens with zero attached hydrogens (tertiary/aromatic N) is 1. The van der Waals surface area contributed by atoms with Crippen LogP contribution in [0.2, 0.25) is 5.02 Å². The van der Waals surface area contributed by atoms with Crippen LogP contribution in [-0.4, -0.2) is 11.5 Å². The molecule has 0 aliphatic carbocycles. The molecule has 1 aromatic heterocycles. The van der Waals surface area contributed by atoms with E-state index in [1.807, 2.05) is 43.3 Å². The Morgan fingerprint density at radius 2 is 2.06 bits per heavy atom. The van der Waals surface area contributed by atoms with Gasteiger partial charge in [0, 0.05) is 17.1 Å². The Morgan fingerprint density at radius 1 is 1.22 bits per heavy atom. The van der Waals surface area contributed by atoms with Crippen molar-refractivity contribution in [2.24, 2.45) is 0 Å². The third-order valence-electron chi connectivity index (χ3n) is 2.77. The van der Waals surface area contributed by atoms with Crippen molar-refractivity contribution in [1.82, 2.24) is 4.98 Å². The summed E-state index contributed by atoms with van der Waals surface area (Å²) in [6, 6.07) is 12.0. The third kappa shape index (κ3) is 3.02. The van der Waals surface area contributed by atoms with E-state index in [-0.39, 0.29) is 0 Å². The van der Waals surface area contributed by atoms with Crippen LogP contribution in [0.5, 0.6) is 0 Å². The van der Waals surface area contributed by atoms with Crippen molar-refractivity contribution in [2.75, 3.05) is 11.9 Å². The molecule has 0 spiro atoms. The molecule has 0 saturated heterocycles. The molecule has 0 fully saturated rings. The van der Waals surface area contributed by atoms with Crippen molar-refractivity contribution in [3.05, 3.63) is 47.0 Å². The largest absolute Gasteiger partial charge is 0.370 e. The first-order valence-electron chi connectivity index (χ1n) is 6.18. The zero-order valence-electron chi connectivity index (χ0n) is 10.7. The van der Waals surface area contributed by atoms with Gasteiger partial charge in [0.25, 0.3) is 0 Å². The summed E-state index contributed by atoms with van der Waals surface area (Å²) in [5, 5.41) is 4.07. The molecule has 0 saturated carbocycles. The summed E-state index contributed by atoms with van der Waals surface area (Å²) < 4.78 is 0. The quantitative estimate of drug-likeness (QED) is 0.873. The van der Waals surface area contributed by atoms with Crippen LogP contribution in [-0.2, 0) is 0 Å². The Morgan fingerprint density at radius 3 is 2.78 bits per heavy atom. The Labute approximate surface area is 113 Å². The molecule has 3 heteroatoms. The van der Waals surface area contributed by atoms with Gasteiger partial charge in [-0.05, 0) is 37.1 Å². The fraction of sp³-hybridized carbons (Fsp3) is 0.267. The minimum absolute atomic E-state index is 0.779. The molecule has 2 aromatic rings. The first-order valence-corrected chi connectivity index (χ1v) is 6.56. The number of pyridine rings is 1. The third-order valence-corrected chi connectivity index (χ3v) is 3.18. The fourth-order valence-corrected chi connectivity index (χ4v) is 1.88.